The Hall–Kier alpha value is -0.650. The minimum atomic E-state index is -1.24. The third-order valence-corrected chi connectivity index (χ3v) is 3.29. The van der Waals surface area contributed by atoms with Crippen LogP contribution < -0.4 is 0 Å². The van der Waals surface area contributed by atoms with Crippen molar-refractivity contribution in [1.29, 1.82) is 0 Å². The van der Waals surface area contributed by atoms with E-state index in [2.05, 4.69) is 4.74 Å². The number of rotatable bonds is 2. The predicted molar refractivity (Wildman–Crippen MR) is 54.7 cm³/mol. The summed E-state index contributed by atoms with van der Waals surface area (Å²) in [7, 11) is 1.25. The lowest BCUT2D eigenvalue weighted by atomic mass is 9.94. The summed E-state index contributed by atoms with van der Waals surface area (Å²) < 4.78 is 15.8. The third-order valence-electron chi connectivity index (χ3n) is 3.29. The second-order valence-corrected chi connectivity index (χ2v) is 4.41. The molecule has 1 saturated heterocycles. The van der Waals surface area contributed by atoms with Gasteiger partial charge in [-0.2, -0.15) is 0 Å². The molecule has 16 heavy (non-hydrogen) atoms. The normalized spacial score (nSPS) is 30.2. The maximum Gasteiger partial charge on any atom is 0.337 e. The zero-order valence-electron chi connectivity index (χ0n) is 9.48. The van der Waals surface area contributed by atoms with Crippen molar-refractivity contribution in [1.82, 2.24) is 0 Å². The van der Waals surface area contributed by atoms with Crippen LogP contribution in [0.5, 0.6) is 0 Å². The molecule has 0 aromatic rings. The number of carbonyl (C=O) groups excluding carboxylic acids is 1. The zero-order valence-corrected chi connectivity index (χ0v) is 9.48. The van der Waals surface area contributed by atoms with E-state index in [-0.39, 0.29) is 6.61 Å². The molecule has 1 saturated carbocycles. The molecular formula is C11H18O5. The molecule has 1 aliphatic carbocycles. The summed E-state index contributed by atoms with van der Waals surface area (Å²) in [4.78, 5) is 11.2. The van der Waals surface area contributed by atoms with Crippen molar-refractivity contribution >= 4 is 5.97 Å². The van der Waals surface area contributed by atoms with Crippen LogP contribution in [0.25, 0.3) is 0 Å². The smallest absolute Gasteiger partial charge is 0.337 e. The van der Waals surface area contributed by atoms with Crippen molar-refractivity contribution in [3.8, 4) is 0 Å². The van der Waals surface area contributed by atoms with Crippen LogP contribution >= 0.6 is 0 Å². The standard InChI is InChI=1S/C11H18O5/c1-14-10(13)9(12)8-7-15-11(16-8)5-3-2-4-6-11/h8-9,12H,2-7H2,1H3/t8-,9-/m1/s1. The van der Waals surface area contributed by atoms with E-state index in [9.17, 15) is 9.90 Å². The Morgan fingerprint density at radius 1 is 1.44 bits per heavy atom. The van der Waals surface area contributed by atoms with Gasteiger partial charge in [0.15, 0.2) is 11.9 Å². The van der Waals surface area contributed by atoms with Crippen LogP contribution in [0.2, 0.25) is 0 Å². The molecule has 0 aromatic carbocycles. The number of aliphatic hydroxyl groups excluding tert-OH is 1. The van der Waals surface area contributed by atoms with Crippen molar-refractivity contribution in [2.45, 2.75) is 50.1 Å². The van der Waals surface area contributed by atoms with Gasteiger partial charge < -0.3 is 19.3 Å². The van der Waals surface area contributed by atoms with E-state index in [0.29, 0.717) is 0 Å². The van der Waals surface area contributed by atoms with Gasteiger partial charge in [0.2, 0.25) is 0 Å². The Kier molecular flexibility index (Phi) is 3.47. The maximum atomic E-state index is 11.2. The van der Waals surface area contributed by atoms with Crippen molar-refractivity contribution in [2.75, 3.05) is 13.7 Å². The summed E-state index contributed by atoms with van der Waals surface area (Å²) in [5, 5.41) is 9.65. The molecular weight excluding hydrogens is 212 g/mol. The first-order chi connectivity index (χ1) is 7.67. The molecule has 2 rings (SSSR count). The van der Waals surface area contributed by atoms with Gasteiger partial charge in [-0.1, -0.05) is 6.42 Å². The van der Waals surface area contributed by atoms with Crippen molar-refractivity contribution in [3.05, 3.63) is 0 Å². The van der Waals surface area contributed by atoms with Crippen LogP contribution in [-0.4, -0.2) is 42.8 Å². The van der Waals surface area contributed by atoms with Gasteiger partial charge in [-0.3, -0.25) is 0 Å². The lowest BCUT2D eigenvalue weighted by molar-refractivity contribution is -0.199. The third kappa shape index (κ3) is 2.21. The number of carbonyl (C=O) groups is 1. The van der Waals surface area contributed by atoms with Gasteiger partial charge in [0.25, 0.3) is 0 Å². The van der Waals surface area contributed by atoms with E-state index in [1.807, 2.05) is 0 Å². The van der Waals surface area contributed by atoms with Gasteiger partial charge >= 0.3 is 5.97 Å². The Bertz CT molecular complexity index is 259. The molecule has 5 nitrogen and oxygen atoms in total. The van der Waals surface area contributed by atoms with Crippen LogP contribution in [0.1, 0.15) is 32.1 Å². The number of hydrogen-bond acceptors (Lipinski definition) is 5. The molecule has 2 fully saturated rings. The summed E-state index contributed by atoms with van der Waals surface area (Å²) >= 11 is 0. The minimum absolute atomic E-state index is 0.260. The predicted octanol–water partition coefficient (Wildman–Crippen LogP) is 0.596. The first-order valence-corrected chi connectivity index (χ1v) is 5.74. The highest BCUT2D eigenvalue weighted by atomic mass is 16.7. The number of esters is 1. The molecule has 1 N–H and O–H groups in total. The molecule has 0 amide bonds. The van der Waals surface area contributed by atoms with E-state index in [4.69, 9.17) is 9.47 Å². The number of methoxy groups -OCH3 is 1. The summed E-state index contributed by atoms with van der Waals surface area (Å²) in [5.74, 6) is -1.22. The summed E-state index contributed by atoms with van der Waals surface area (Å²) in [6.45, 7) is 0.260. The van der Waals surface area contributed by atoms with Crippen LogP contribution in [0.3, 0.4) is 0 Å². The Morgan fingerprint density at radius 3 is 2.75 bits per heavy atom. The van der Waals surface area contributed by atoms with Gasteiger partial charge in [0, 0.05) is 12.8 Å². The summed E-state index contributed by atoms with van der Waals surface area (Å²) in [5.41, 5.74) is 0. The molecule has 5 heteroatoms. The molecule has 2 aliphatic rings. The summed E-state index contributed by atoms with van der Waals surface area (Å²) in [6, 6.07) is 0. The Balaban J connectivity index is 1.94. The SMILES string of the molecule is COC(=O)[C@H](O)[C@H]1COC2(CCCCC2)O1. The molecule has 2 atom stereocenters. The van der Waals surface area contributed by atoms with Crippen LogP contribution in [0.4, 0.5) is 0 Å². The molecule has 0 aromatic heterocycles. The van der Waals surface area contributed by atoms with E-state index < -0.39 is 24.0 Å². The van der Waals surface area contributed by atoms with E-state index in [0.717, 1.165) is 25.7 Å². The monoisotopic (exact) mass is 230 g/mol. The summed E-state index contributed by atoms with van der Waals surface area (Å²) in [6.07, 6.45) is 3.19. The van der Waals surface area contributed by atoms with E-state index >= 15 is 0 Å². The topological polar surface area (TPSA) is 65.0 Å². The highest BCUT2D eigenvalue weighted by Gasteiger charge is 2.46. The largest absolute Gasteiger partial charge is 0.467 e. The molecule has 1 heterocycles. The fourth-order valence-electron chi connectivity index (χ4n) is 2.36. The number of ether oxygens (including phenoxy) is 3. The van der Waals surface area contributed by atoms with Crippen molar-refractivity contribution in [3.63, 3.8) is 0 Å². The van der Waals surface area contributed by atoms with Crippen LogP contribution in [0, 0.1) is 0 Å². The quantitative estimate of drug-likeness (QED) is 0.703. The lowest BCUT2D eigenvalue weighted by Gasteiger charge is -2.32. The fourth-order valence-corrected chi connectivity index (χ4v) is 2.36. The van der Waals surface area contributed by atoms with Crippen LogP contribution in [0.15, 0.2) is 0 Å². The van der Waals surface area contributed by atoms with Gasteiger partial charge in [-0.05, 0) is 12.8 Å². The van der Waals surface area contributed by atoms with Gasteiger partial charge in [0.05, 0.1) is 13.7 Å². The average molecular weight is 230 g/mol. The molecule has 92 valence electrons. The van der Waals surface area contributed by atoms with Crippen molar-refractivity contribution < 1.29 is 24.1 Å². The second kappa shape index (κ2) is 4.69. The zero-order chi connectivity index (χ0) is 11.6. The van der Waals surface area contributed by atoms with E-state index in [1.54, 1.807) is 0 Å². The fraction of sp³-hybridized carbons (Fsp3) is 0.909. The maximum absolute atomic E-state index is 11.2. The van der Waals surface area contributed by atoms with Gasteiger partial charge in [-0.15, -0.1) is 0 Å². The van der Waals surface area contributed by atoms with Gasteiger partial charge in [0.1, 0.15) is 6.10 Å². The highest BCUT2D eigenvalue weighted by molar-refractivity contribution is 5.75. The number of aliphatic hydroxyl groups is 1. The molecule has 0 radical (unpaired) electrons. The van der Waals surface area contributed by atoms with Crippen LogP contribution in [-0.2, 0) is 19.0 Å². The number of hydrogen-bond donors (Lipinski definition) is 1. The molecule has 1 aliphatic heterocycles. The Labute approximate surface area is 94.7 Å². The van der Waals surface area contributed by atoms with E-state index in [1.165, 1.54) is 13.5 Å². The minimum Gasteiger partial charge on any atom is -0.467 e. The molecule has 0 unspecified atom stereocenters. The first kappa shape index (κ1) is 11.8. The Morgan fingerprint density at radius 2 is 2.12 bits per heavy atom. The first-order valence-electron chi connectivity index (χ1n) is 5.74. The van der Waals surface area contributed by atoms with Crippen molar-refractivity contribution in [2.24, 2.45) is 0 Å². The second-order valence-electron chi connectivity index (χ2n) is 4.41. The average Bonchev–Trinajstić information content (AvgIpc) is 2.72. The highest BCUT2D eigenvalue weighted by Crippen LogP contribution is 2.38. The lowest BCUT2D eigenvalue weighted by Crippen LogP contribution is -2.39. The molecule has 0 bridgehead atoms. The van der Waals surface area contributed by atoms with Gasteiger partial charge in [-0.25, -0.2) is 4.79 Å². The molecule has 1 spiro atoms.